The van der Waals surface area contributed by atoms with Crippen LogP contribution >= 0.6 is 0 Å². The number of carbonyl (C=O) groups excluding carboxylic acids is 1. The molecule has 3 rings (SSSR count). The highest BCUT2D eigenvalue weighted by atomic mass is 16.5. The van der Waals surface area contributed by atoms with Gasteiger partial charge in [0.1, 0.15) is 6.61 Å². The van der Waals surface area contributed by atoms with Crippen molar-refractivity contribution in [2.75, 3.05) is 51.4 Å². The van der Waals surface area contributed by atoms with E-state index >= 15 is 0 Å². The first-order chi connectivity index (χ1) is 17.1. The van der Waals surface area contributed by atoms with E-state index in [9.17, 15) is 9.90 Å². The van der Waals surface area contributed by atoms with Crippen molar-refractivity contribution in [1.29, 1.82) is 0 Å². The maximum Gasteiger partial charge on any atom is 0.253 e. The predicted octanol–water partition coefficient (Wildman–Crippen LogP) is 3.57. The van der Waals surface area contributed by atoms with Gasteiger partial charge in [-0.3, -0.25) is 4.79 Å². The van der Waals surface area contributed by atoms with Gasteiger partial charge in [0.05, 0.1) is 17.9 Å². The quantitative estimate of drug-likeness (QED) is 0.336. The lowest BCUT2D eigenvalue weighted by Gasteiger charge is -2.22. The first kappa shape index (κ1) is 26.8. The van der Waals surface area contributed by atoms with E-state index in [0.29, 0.717) is 26.2 Å². The SMILES string of the molecule is CCCCOc1ccccc1OCCNC(C)Cc1cc2c(c(C(=O)NC)c1)N(CCCO)CC2. The molecule has 192 valence electrons. The predicted molar refractivity (Wildman–Crippen MR) is 141 cm³/mol. The van der Waals surface area contributed by atoms with E-state index in [-0.39, 0.29) is 18.6 Å². The van der Waals surface area contributed by atoms with Crippen LogP contribution in [0.3, 0.4) is 0 Å². The minimum atomic E-state index is -0.0622. The van der Waals surface area contributed by atoms with Crippen LogP contribution < -0.4 is 25.0 Å². The Morgan fingerprint density at radius 3 is 2.57 bits per heavy atom. The normalized spacial score (nSPS) is 13.4. The largest absolute Gasteiger partial charge is 0.490 e. The zero-order valence-corrected chi connectivity index (χ0v) is 21.4. The highest BCUT2D eigenvalue weighted by molar-refractivity contribution is 6.01. The third-order valence-corrected chi connectivity index (χ3v) is 6.27. The van der Waals surface area contributed by atoms with Crippen molar-refractivity contribution in [3.63, 3.8) is 0 Å². The molecule has 1 amide bonds. The molecule has 0 radical (unpaired) electrons. The Labute approximate surface area is 209 Å². The molecule has 0 fully saturated rings. The van der Waals surface area contributed by atoms with E-state index in [1.807, 2.05) is 30.3 Å². The fraction of sp³-hybridized carbons (Fsp3) is 0.536. The number of benzene rings is 2. The minimum absolute atomic E-state index is 0.0622. The van der Waals surface area contributed by atoms with Crippen LogP contribution in [0.2, 0.25) is 0 Å². The number of nitrogens with zero attached hydrogens (tertiary/aromatic N) is 1. The number of fused-ring (bicyclic) bond motifs is 1. The van der Waals surface area contributed by atoms with E-state index in [1.54, 1.807) is 7.05 Å². The molecular weight excluding hydrogens is 442 g/mol. The van der Waals surface area contributed by atoms with Gasteiger partial charge in [-0.15, -0.1) is 0 Å². The summed E-state index contributed by atoms with van der Waals surface area (Å²) in [5.74, 6) is 1.51. The standard InChI is InChI=1S/C28H41N3O4/c1-4-5-16-34-25-9-6-7-10-26(25)35-17-12-30-21(2)18-22-19-23-11-14-31(13-8-15-32)27(23)24(20-22)28(33)29-3/h6-7,9-10,19-21,30,32H,4-5,8,11-18H2,1-3H3,(H,29,33). The smallest absolute Gasteiger partial charge is 0.253 e. The number of hydrogen-bond donors (Lipinski definition) is 3. The van der Waals surface area contributed by atoms with Crippen LogP contribution in [0.5, 0.6) is 11.5 Å². The highest BCUT2D eigenvalue weighted by Crippen LogP contribution is 2.34. The van der Waals surface area contributed by atoms with Gasteiger partial charge in [-0.25, -0.2) is 0 Å². The van der Waals surface area contributed by atoms with Gasteiger partial charge in [0, 0.05) is 39.3 Å². The molecule has 0 aromatic heterocycles. The van der Waals surface area contributed by atoms with Crippen LogP contribution in [0.25, 0.3) is 0 Å². The Morgan fingerprint density at radius 1 is 1.14 bits per heavy atom. The van der Waals surface area contributed by atoms with E-state index in [1.165, 1.54) is 5.56 Å². The summed E-state index contributed by atoms with van der Waals surface area (Å²) < 4.78 is 11.8. The monoisotopic (exact) mass is 483 g/mol. The van der Waals surface area contributed by atoms with Crippen molar-refractivity contribution in [2.24, 2.45) is 0 Å². The van der Waals surface area contributed by atoms with Crippen molar-refractivity contribution in [3.8, 4) is 11.5 Å². The van der Waals surface area contributed by atoms with Crippen molar-refractivity contribution in [3.05, 3.63) is 53.1 Å². The summed E-state index contributed by atoms with van der Waals surface area (Å²) >= 11 is 0. The van der Waals surface area contributed by atoms with Crippen molar-refractivity contribution < 1.29 is 19.4 Å². The maximum atomic E-state index is 12.7. The number of aliphatic hydroxyl groups is 1. The Morgan fingerprint density at radius 2 is 1.89 bits per heavy atom. The second-order valence-corrected chi connectivity index (χ2v) is 9.10. The van der Waals surface area contributed by atoms with Gasteiger partial charge in [0.25, 0.3) is 5.91 Å². The van der Waals surface area contributed by atoms with E-state index in [4.69, 9.17) is 9.47 Å². The molecule has 0 saturated heterocycles. The molecule has 2 aromatic rings. The number of unbranched alkanes of at least 4 members (excludes halogenated alkanes) is 1. The lowest BCUT2D eigenvalue weighted by Crippen LogP contribution is -2.32. The fourth-order valence-corrected chi connectivity index (χ4v) is 4.51. The van der Waals surface area contributed by atoms with Crippen LogP contribution in [-0.2, 0) is 12.8 Å². The number of rotatable bonds is 15. The second-order valence-electron chi connectivity index (χ2n) is 9.10. The summed E-state index contributed by atoms with van der Waals surface area (Å²) in [6.07, 6.45) is 4.57. The Bertz CT molecular complexity index is 950. The fourth-order valence-electron chi connectivity index (χ4n) is 4.51. The van der Waals surface area contributed by atoms with Gasteiger partial charge in [-0.1, -0.05) is 31.5 Å². The number of ether oxygens (including phenoxy) is 2. The lowest BCUT2D eigenvalue weighted by atomic mass is 9.98. The molecular formula is C28H41N3O4. The lowest BCUT2D eigenvalue weighted by molar-refractivity contribution is 0.0963. The van der Waals surface area contributed by atoms with Gasteiger partial charge in [0.2, 0.25) is 0 Å². The molecule has 1 heterocycles. The number of carbonyl (C=O) groups is 1. The molecule has 2 aromatic carbocycles. The number of hydrogen-bond acceptors (Lipinski definition) is 6. The molecule has 35 heavy (non-hydrogen) atoms. The number of para-hydroxylation sites is 2. The van der Waals surface area contributed by atoms with Crippen LogP contribution in [0.1, 0.15) is 54.6 Å². The van der Waals surface area contributed by atoms with E-state index in [0.717, 1.165) is 67.1 Å². The zero-order chi connectivity index (χ0) is 25.0. The van der Waals surface area contributed by atoms with Gasteiger partial charge >= 0.3 is 0 Å². The molecule has 0 saturated carbocycles. The highest BCUT2D eigenvalue weighted by Gasteiger charge is 2.26. The summed E-state index contributed by atoms with van der Waals surface area (Å²) in [4.78, 5) is 14.9. The van der Waals surface area contributed by atoms with Crippen molar-refractivity contribution in [1.82, 2.24) is 10.6 Å². The Kier molecular flexibility index (Phi) is 10.7. The van der Waals surface area contributed by atoms with Crippen LogP contribution in [0, 0.1) is 0 Å². The van der Waals surface area contributed by atoms with Crippen LogP contribution in [0.15, 0.2) is 36.4 Å². The Balaban J connectivity index is 1.55. The van der Waals surface area contributed by atoms with E-state index < -0.39 is 0 Å². The average molecular weight is 484 g/mol. The zero-order valence-electron chi connectivity index (χ0n) is 21.4. The first-order valence-electron chi connectivity index (χ1n) is 12.9. The van der Waals surface area contributed by atoms with Gasteiger partial charge < -0.3 is 30.1 Å². The van der Waals surface area contributed by atoms with E-state index in [2.05, 4.69) is 35.4 Å². The number of anilines is 1. The molecule has 1 atom stereocenters. The van der Waals surface area contributed by atoms with Gasteiger partial charge in [0.15, 0.2) is 11.5 Å². The summed E-state index contributed by atoms with van der Waals surface area (Å²) in [5.41, 5.74) is 4.12. The summed E-state index contributed by atoms with van der Waals surface area (Å²) in [5, 5.41) is 15.5. The molecule has 7 nitrogen and oxygen atoms in total. The maximum absolute atomic E-state index is 12.7. The third-order valence-electron chi connectivity index (χ3n) is 6.27. The molecule has 1 unspecified atom stereocenters. The molecule has 0 aliphatic carbocycles. The summed E-state index contributed by atoms with van der Waals surface area (Å²) in [6.45, 7) is 8.07. The van der Waals surface area contributed by atoms with Crippen LogP contribution in [-0.4, -0.2) is 63.6 Å². The molecule has 1 aliphatic rings. The molecule has 3 N–H and O–H groups in total. The Hall–Kier alpha value is -2.77. The molecule has 7 heteroatoms. The molecule has 0 bridgehead atoms. The van der Waals surface area contributed by atoms with Gasteiger partial charge in [-0.2, -0.15) is 0 Å². The van der Waals surface area contributed by atoms with Crippen LogP contribution in [0.4, 0.5) is 5.69 Å². The summed E-state index contributed by atoms with van der Waals surface area (Å²) in [6, 6.07) is 12.3. The summed E-state index contributed by atoms with van der Waals surface area (Å²) in [7, 11) is 1.67. The second kappa shape index (κ2) is 14.0. The number of aliphatic hydroxyl groups excluding tert-OH is 1. The molecule has 0 spiro atoms. The molecule has 1 aliphatic heterocycles. The topological polar surface area (TPSA) is 83.1 Å². The van der Waals surface area contributed by atoms with Crippen molar-refractivity contribution in [2.45, 2.75) is 52.0 Å². The minimum Gasteiger partial charge on any atom is -0.490 e. The average Bonchev–Trinajstić information content (AvgIpc) is 3.28. The first-order valence-corrected chi connectivity index (χ1v) is 12.9. The van der Waals surface area contributed by atoms with Crippen molar-refractivity contribution >= 4 is 11.6 Å². The number of nitrogens with one attached hydrogen (secondary N) is 2. The third kappa shape index (κ3) is 7.61. The van der Waals surface area contributed by atoms with Gasteiger partial charge in [-0.05, 0) is 61.9 Å². The number of amides is 1.